The molecule has 5 aliphatic heterocycles. The number of nitrogens with zero attached hydrogens (tertiary/aromatic N) is 3. The van der Waals surface area contributed by atoms with Gasteiger partial charge in [0, 0.05) is 54.1 Å². The fourth-order valence-electron chi connectivity index (χ4n) is 8.88. The number of carbonyl (C=O) groups is 3. The predicted molar refractivity (Wildman–Crippen MR) is 196 cm³/mol. The summed E-state index contributed by atoms with van der Waals surface area (Å²) in [6, 6.07) is 0.239. The Kier molecular flexibility index (Phi) is 10.4. The van der Waals surface area contributed by atoms with Crippen molar-refractivity contribution in [3.63, 3.8) is 0 Å². The van der Waals surface area contributed by atoms with Crippen LogP contribution in [0.15, 0.2) is 6.07 Å². The minimum absolute atomic E-state index is 0.0277. The molecule has 5 heterocycles. The van der Waals surface area contributed by atoms with Crippen molar-refractivity contribution in [2.45, 2.75) is 88.6 Å². The molecule has 0 aromatic heterocycles. The van der Waals surface area contributed by atoms with Gasteiger partial charge in [0.15, 0.2) is 29.8 Å². The van der Waals surface area contributed by atoms with Gasteiger partial charge >= 0.3 is 11.9 Å². The van der Waals surface area contributed by atoms with Gasteiger partial charge in [-0.05, 0) is 44.4 Å². The maximum absolute atomic E-state index is 13.9. The summed E-state index contributed by atoms with van der Waals surface area (Å²) in [5.41, 5.74) is 10.9. The topological polar surface area (TPSA) is 184 Å². The van der Waals surface area contributed by atoms with Crippen molar-refractivity contribution in [3.05, 3.63) is 39.4 Å². The van der Waals surface area contributed by atoms with E-state index in [0.29, 0.717) is 51.9 Å². The number of amides is 1. The van der Waals surface area contributed by atoms with E-state index in [-0.39, 0.29) is 37.9 Å². The Morgan fingerprint density at radius 3 is 2.52 bits per heavy atom. The molecule has 2 aromatic rings. The minimum atomic E-state index is -1.04. The van der Waals surface area contributed by atoms with Crippen LogP contribution >= 0.6 is 11.8 Å². The average Bonchev–Trinajstić information content (AvgIpc) is 3.63. The van der Waals surface area contributed by atoms with Crippen molar-refractivity contribution >= 4 is 29.6 Å². The lowest BCUT2D eigenvalue weighted by Gasteiger charge is -2.61. The number of ether oxygens (including phenoxy) is 7. The zero-order valence-corrected chi connectivity index (χ0v) is 32.5. The molecular formula is C38H47N5O10S. The predicted octanol–water partition coefficient (Wildman–Crippen LogP) is 2.98. The normalized spacial score (nSPS) is 27.5. The number of hydrogen-bond donors (Lipinski definition) is 2. The highest BCUT2D eigenvalue weighted by molar-refractivity contribution is 7.99. The Bertz CT molecular complexity index is 1920. The number of cyclic esters (lactones) is 1. The van der Waals surface area contributed by atoms with Gasteiger partial charge in [-0.15, -0.1) is 11.8 Å². The maximum atomic E-state index is 13.9. The van der Waals surface area contributed by atoms with Crippen LogP contribution in [-0.4, -0.2) is 105 Å². The first kappa shape index (κ1) is 38.0. The van der Waals surface area contributed by atoms with Crippen LogP contribution in [0.25, 0.3) is 0 Å². The van der Waals surface area contributed by atoms with Gasteiger partial charge in [-0.2, -0.15) is 5.26 Å². The fraction of sp³-hybridized carbons (Fsp3) is 0.579. The Balaban J connectivity index is 1.50. The van der Waals surface area contributed by atoms with E-state index in [1.165, 1.54) is 18.7 Å². The van der Waals surface area contributed by atoms with Crippen molar-refractivity contribution in [3.8, 4) is 34.8 Å². The van der Waals surface area contributed by atoms with Gasteiger partial charge in [0.25, 0.3) is 0 Å². The Morgan fingerprint density at radius 1 is 1.11 bits per heavy atom. The number of methoxy groups -OCH3 is 2. The quantitative estimate of drug-likeness (QED) is 0.227. The van der Waals surface area contributed by atoms with Gasteiger partial charge in [-0.3, -0.25) is 19.4 Å². The molecule has 5 aliphatic rings. The monoisotopic (exact) mass is 765 g/mol. The smallest absolute Gasteiger partial charge is 0.329 e. The van der Waals surface area contributed by atoms with Crippen LogP contribution in [0.4, 0.5) is 0 Å². The van der Waals surface area contributed by atoms with E-state index in [9.17, 15) is 19.6 Å². The number of rotatable bonds is 8. The van der Waals surface area contributed by atoms with Crippen LogP contribution in [0.2, 0.25) is 0 Å². The lowest BCUT2D eigenvalue weighted by Crippen LogP contribution is -2.69. The molecule has 54 heavy (non-hydrogen) atoms. The van der Waals surface area contributed by atoms with Crippen molar-refractivity contribution in [1.82, 2.24) is 15.1 Å². The van der Waals surface area contributed by atoms with Gasteiger partial charge in [-0.1, -0.05) is 19.9 Å². The summed E-state index contributed by atoms with van der Waals surface area (Å²) in [6.45, 7) is 8.50. The molecule has 0 saturated carbocycles. The van der Waals surface area contributed by atoms with Gasteiger partial charge in [-0.25, -0.2) is 4.79 Å². The molecule has 0 spiro atoms. The molecule has 7 rings (SSSR count). The van der Waals surface area contributed by atoms with E-state index in [1.807, 2.05) is 34.7 Å². The van der Waals surface area contributed by atoms with E-state index in [0.717, 1.165) is 16.7 Å². The number of fused-ring (bicyclic) bond motifs is 9. The number of nitrogens with one attached hydrogen (secondary N) is 1. The number of hydrogen-bond acceptors (Lipinski definition) is 15. The second-order valence-electron chi connectivity index (χ2n) is 14.7. The number of carbonyl (C=O) groups excluding carboxylic acids is 3. The summed E-state index contributed by atoms with van der Waals surface area (Å²) < 4.78 is 42.0. The summed E-state index contributed by atoms with van der Waals surface area (Å²) in [7, 11) is 5.17. The second-order valence-corrected chi connectivity index (χ2v) is 15.9. The van der Waals surface area contributed by atoms with Gasteiger partial charge < -0.3 is 44.2 Å². The zero-order valence-electron chi connectivity index (χ0n) is 31.7. The summed E-state index contributed by atoms with van der Waals surface area (Å²) >= 11 is 1.41. The fourth-order valence-corrected chi connectivity index (χ4v) is 10.4. The first-order chi connectivity index (χ1) is 25.8. The zero-order chi connectivity index (χ0) is 38.7. The molecule has 2 unspecified atom stereocenters. The first-order valence-corrected chi connectivity index (χ1v) is 19.1. The molecule has 0 aliphatic carbocycles. The summed E-state index contributed by atoms with van der Waals surface area (Å²) in [5.74, 6) is 0.618. The number of nitrogens with two attached hydrogens (primary N) is 1. The highest BCUT2D eigenvalue weighted by Gasteiger charge is 2.61. The van der Waals surface area contributed by atoms with Crippen LogP contribution in [0.3, 0.4) is 0 Å². The molecule has 0 radical (unpaired) electrons. The van der Waals surface area contributed by atoms with E-state index in [4.69, 9.17) is 38.9 Å². The summed E-state index contributed by atoms with van der Waals surface area (Å²) in [4.78, 5) is 44.4. The van der Waals surface area contributed by atoms with Crippen LogP contribution in [0.5, 0.6) is 28.7 Å². The number of likely N-dealkylation sites (N-methyl/N-ethyl adjacent to an activating group) is 1. The minimum Gasteiger partial charge on any atom is -0.493 e. The molecule has 3 N–H and O–H groups in total. The second kappa shape index (κ2) is 14.8. The van der Waals surface area contributed by atoms with Gasteiger partial charge in [0.05, 0.1) is 36.6 Å². The van der Waals surface area contributed by atoms with E-state index in [2.05, 4.69) is 27.3 Å². The van der Waals surface area contributed by atoms with Crippen molar-refractivity contribution in [2.24, 2.45) is 11.7 Å². The number of nitriles is 1. The lowest BCUT2D eigenvalue weighted by atomic mass is 9.71. The molecule has 290 valence electrons. The third-order valence-electron chi connectivity index (χ3n) is 11.3. The third kappa shape index (κ3) is 6.01. The van der Waals surface area contributed by atoms with E-state index < -0.39 is 59.3 Å². The largest absolute Gasteiger partial charge is 0.493 e. The molecular weight excluding hydrogens is 719 g/mol. The summed E-state index contributed by atoms with van der Waals surface area (Å²) in [6.07, 6.45) is 0.531. The molecule has 1 amide bonds. The molecule has 2 aromatic carbocycles. The molecule has 2 fully saturated rings. The Labute approximate surface area is 318 Å². The summed E-state index contributed by atoms with van der Waals surface area (Å²) in [5, 5.41) is 13.4. The molecule has 4 bridgehead atoms. The molecule has 2 saturated heterocycles. The van der Waals surface area contributed by atoms with Crippen LogP contribution < -0.4 is 34.7 Å². The average molecular weight is 766 g/mol. The standard InChI is InChI=1S/C38H47N5O10S/c1-16(2)28(40)37(45)41-21-13-54-36-27-26(35-33(51-15-52-35)18(4)32(27)53-19(5)44)24(12-49-38(21)46)43-23(11-39)22-10-20-9-17(3)31(48-8)34(50-14-47-7)25(20)29(30(36)43)42(22)6/h9,16,21-24,28-30,36H,10,12-15,40H2,1-8H3,(H,41,45)/t21-,22+,23-,24+,28?,29+,30?,36+/m0/s1. The van der Waals surface area contributed by atoms with Crippen molar-refractivity contribution < 1.29 is 47.5 Å². The maximum Gasteiger partial charge on any atom is 0.329 e. The van der Waals surface area contributed by atoms with Crippen LogP contribution in [0.1, 0.15) is 71.5 Å². The third-order valence-corrected chi connectivity index (χ3v) is 12.7. The highest BCUT2D eigenvalue weighted by Crippen LogP contribution is 2.64. The van der Waals surface area contributed by atoms with Crippen LogP contribution in [0, 0.1) is 31.1 Å². The Morgan fingerprint density at radius 2 is 1.85 bits per heavy atom. The highest BCUT2D eigenvalue weighted by atomic mass is 32.2. The number of benzene rings is 2. The molecule has 15 nitrogen and oxygen atoms in total. The van der Waals surface area contributed by atoms with Gasteiger partial charge in [0.2, 0.25) is 12.7 Å². The van der Waals surface area contributed by atoms with Gasteiger partial charge in [0.1, 0.15) is 24.4 Å². The number of piperazine rings is 1. The molecule has 8 atom stereocenters. The van der Waals surface area contributed by atoms with E-state index >= 15 is 0 Å². The Hall–Kier alpha value is -4.27. The number of thioether (sulfide) groups is 1. The number of esters is 2. The van der Waals surface area contributed by atoms with Crippen LogP contribution in [-0.2, 0) is 30.3 Å². The van der Waals surface area contributed by atoms with Crippen molar-refractivity contribution in [2.75, 3.05) is 47.2 Å². The van der Waals surface area contributed by atoms with E-state index in [1.54, 1.807) is 14.2 Å². The SMILES string of the molecule is COCOc1c(OC)c(C)cc2c1[C@@H]1C3[C@@H]4SC[C@H](NC(=O)C(N)C(C)C)C(=O)OC[C@H](c5c6c(c(C)c(OC(C)=O)c54)OCO6)N3[C@@H](C#N)[C@@H](C2)N1C. The molecule has 16 heteroatoms. The first-order valence-electron chi connectivity index (χ1n) is 18.0. The van der Waals surface area contributed by atoms with Crippen molar-refractivity contribution in [1.29, 1.82) is 5.26 Å². The lowest BCUT2D eigenvalue weighted by molar-refractivity contribution is -0.152. The number of aryl methyl sites for hydroxylation is 1.